The van der Waals surface area contributed by atoms with E-state index in [0.717, 1.165) is 6.42 Å². The van der Waals surface area contributed by atoms with E-state index in [4.69, 9.17) is 0 Å². The Kier molecular flexibility index (Phi) is 2.68. The van der Waals surface area contributed by atoms with E-state index in [0.29, 0.717) is 0 Å². The molecule has 37 valence electrons. The fourth-order valence-corrected chi connectivity index (χ4v) is 0. The summed E-state index contributed by atoms with van der Waals surface area (Å²) in [7, 11) is 0. The first-order valence-electron chi connectivity index (χ1n) is 1.79. The molecule has 0 nitrogen and oxygen atoms in total. The van der Waals surface area contributed by atoms with Gasteiger partial charge in [0.25, 0.3) is 0 Å². The lowest BCUT2D eigenvalue weighted by Gasteiger charge is -2.06. The highest BCUT2D eigenvalue weighted by Gasteiger charge is 2.09. The zero-order valence-corrected chi connectivity index (χ0v) is 6.84. The van der Waals surface area contributed by atoms with Crippen molar-refractivity contribution in [1.29, 1.82) is 0 Å². The van der Waals surface area contributed by atoms with Crippen LogP contribution in [-0.2, 0) is 0 Å². The van der Waals surface area contributed by atoms with Crippen LogP contribution >= 0.6 is 31.9 Å². The molecule has 0 aliphatic rings. The molecule has 0 fully saturated rings. The zero-order valence-electron chi connectivity index (χ0n) is 3.67. The third-order valence-corrected chi connectivity index (χ3v) is 1.64. The second-order valence-corrected chi connectivity index (χ2v) is 5.31. The summed E-state index contributed by atoms with van der Waals surface area (Å²) in [5, 5.41) is 0. The van der Waals surface area contributed by atoms with Crippen LogP contribution in [0, 0.1) is 6.92 Å². The molecular weight excluding hydrogens is 208 g/mol. The fraction of sp³-hybridized carbons (Fsp3) is 0.750. The van der Waals surface area contributed by atoms with E-state index in [1.54, 1.807) is 0 Å². The lowest BCUT2D eigenvalue weighted by atomic mass is 10.4. The molecular formula is C4H7Br2. The Hall–Kier alpha value is 0.960. The van der Waals surface area contributed by atoms with Gasteiger partial charge in [-0.15, -0.1) is 0 Å². The second kappa shape index (κ2) is 2.31. The minimum absolute atomic E-state index is 0.0833. The molecule has 0 unspecified atom stereocenters. The number of hydrogen-bond acceptors (Lipinski definition) is 0. The molecule has 6 heavy (non-hydrogen) atoms. The predicted molar refractivity (Wildman–Crippen MR) is 36.2 cm³/mol. The average molecular weight is 215 g/mol. The molecule has 1 radical (unpaired) electrons. The number of rotatable bonds is 1. The van der Waals surface area contributed by atoms with Gasteiger partial charge in [0.1, 0.15) is 0 Å². The van der Waals surface area contributed by atoms with Crippen LogP contribution in [-0.4, -0.2) is 3.23 Å². The highest BCUT2D eigenvalue weighted by atomic mass is 79.9. The van der Waals surface area contributed by atoms with Crippen molar-refractivity contribution in [1.82, 2.24) is 0 Å². The molecule has 0 heterocycles. The quantitative estimate of drug-likeness (QED) is 0.589. The van der Waals surface area contributed by atoms with Gasteiger partial charge in [-0.3, -0.25) is 0 Å². The van der Waals surface area contributed by atoms with Crippen molar-refractivity contribution in [3.05, 3.63) is 6.92 Å². The molecule has 2 heteroatoms. The number of alkyl halides is 2. The predicted octanol–water partition coefficient (Wildman–Crippen LogP) is 2.72. The Labute approximate surface area is 55.6 Å². The third-order valence-electron chi connectivity index (χ3n) is 0.517. The molecule has 0 aromatic rings. The van der Waals surface area contributed by atoms with Crippen molar-refractivity contribution in [3.8, 4) is 0 Å². The van der Waals surface area contributed by atoms with Crippen LogP contribution in [0.3, 0.4) is 0 Å². The fourth-order valence-electron chi connectivity index (χ4n) is 0. The molecule has 0 rings (SSSR count). The zero-order chi connectivity index (χ0) is 5.21. The molecule has 0 spiro atoms. The van der Waals surface area contributed by atoms with Gasteiger partial charge in [0, 0.05) is 0 Å². The maximum Gasteiger partial charge on any atom is 0.0803 e. The molecule has 0 N–H and O–H groups in total. The van der Waals surface area contributed by atoms with Crippen LogP contribution in [0.15, 0.2) is 0 Å². The smallest absolute Gasteiger partial charge is 0.0727 e. The van der Waals surface area contributed by atoms with Gasteiger partial charge in [0.2, 0.25) is 0 Å². The molecule has 0 aromatic heterocycles. The maximum absolute atomic E-state index is 3.72. The van der Waals surface area contributed by atoms with Crippen molar-refractivity contribution in [3.63, 3.8) is 0 Å². The van der Waals surface area contributed by atoms with Gasteiger partial charge in [-0.1, -0.05) is 38.8 Å². The summed E-state index contributed by atoms with van der Waals surface area (Å²) in [4.78, 5) is 0. The summed E-state index contributed by atoms with van der Waals surface area (Å²) in [6, 6.07) is 0. The van der Waals surface area contributed by atoms with Gasteiger partial charge < -0.3 is 0 Å². The SMILES string of the molecule is [CH2]C(Br)(Br)CC. The molecule has 0 aliphatic heterocycles. The van der Waals surface area contributed by atoms with Crippen molar-refractivity contribution >= 4 is 31.9 Å². The van der Waals surface area contributed by atoms with Crippen molar-refractivity contribution in [2.45, 2.75) is 16.6 Å². The highest BCUT2D eigenvalue weighted by Crippen LogP contribution is 2.27. The standard InChI is InChI=1S/C4H7Br2/c1-3-4(2,5)6/h2-3H2,1H3. The third kappa shape index (κ3) is 4.96. The maximum atomic E-state index is 3.72. The summed E-state index contributed by atoms with van der Waals surface area (Å²) in [5.41, 5.74) is 0. The van der Waals surface area contributed by atoms with E-state index in [-0.39, 0.29) is 3.23 Å². The van der Waals surface area contributed by atoms with E-state index in [1.807, 2.05) is 0 Å². The Morgan fingerprint density at radius 2 is 1.83 bits per heavy atom. The van der Waals surface area contributed by atoms with Crippen molar-refractivity contribution < 1.29 is 0 Å². The van der Waals surface area contributed by atoms with Crippen molar-refractivity contribution in [2.24, 2.45) is 0 Å². The van der Waals surface area contributed by atoms with E-state index in [2.05, 4.69) is 45.7 Å². The molecule has 0 saturated heterocycles. The summed E-state index contributed by atoms with van der Waals surface area (Å²) in [6.07, 6.45) is 0.993. The normalized spacial score (nSPS) is 12.0. The molecule has 0 amide bonds. The number of hydrogen-bond donors (Lipinski definition) is 0. The van der Waals surface area contributed by atoms with Gasteiger partial charge in [-0.25, -0.2) is 0 Å². The minimum Gasteiger partial charge on any atom is -0.0727 e. The van der Waals surface area contributed by atoms with Gasteiger partial charge in [0.15, 0.2) is 0 Å². The molecule has 0 atom stereocenters. The van der Waals surface area contributed by atoms with Crippen LogP contribution in [0.2, 0.25) is 0 Å². The largest absolute Gasteiger partial charge is 0.0803 e. The first kappa shape index (κ1) is 6.96. The van der Waals surface area contributed by atoms with Gasteiger partial charge in [0.05, 0.1) is 3.23 Å². The van der Waals surface area contributed by atoms with Crippen LogP contribution in [0.25, 0.3) is 0 Å². The molecule has 0 saturated carbocycles. The van der Waals surface area contributed by atoms with Gasteiger partial charge in [-0.2, -0.15) is 0 Å². The first-order valence-corrected chi connectivity index (χ1v) is 3.38. The summed E-state index contributed by atoms with van der Waals surface area (Å²) in [5.74, 6) is 0. The van der Waals surface area contributed by atoms with E-state index < -0.39 is 0 Å². The average Bonchev–Trinajstić information content (AvgIpc) is 1.35. The van der Waals surface area contributed by atoms with Gasteiger partial charge >= 0.3 is 0 Å². The summed E-state index contributed by atoms with van der Waals surface area (Å²) < 4.78 is -0.0833. The Bertz CT molecular complexity index is 35.3. The van der Waals surface area contributed by atoms with Crippen LogP contribution in [0.1, 0.15) is 13.3 Å². The summed E-state index contributed by atoms with van der Waals surface area (Å²) in [6.45, 7) is 5.77. The monoisotopic (exact) mass is 213 g/mol. The lowest BCUT2D eigenvalue weighted by Crippen LogP contribution is -1.99. The number of halogens is 2. The van der Waals surface area contributed by atoms with E-state index in [9.17, 15) is 0 Å². The van der Waals surface area contributed by atoms with E-state index >= 15 is 0 Å². The second-order valence-electron chi connectivity index (χ2n) is 1.21. The molecule has 0 bridgehead atoms. The molecule has 0 aliphatic carbocycles. The highest BCUT2D eigenvalue weighted by molar-refractivity contribution is 9.25. The molecule has 0 aromatic carbocycles. The van der Waals surface area contributed by atoms with Crippen LogP contribution in [0.5, 0.6) is 0 Å². The topological polar surface area (TPSA) is 0 Å². The van der Waals surface area contributed by atoms with E-state index in [1.165, 1.54) is 0 Å². The van der Waals surface area contributed by atoms with Crippen molar-refractivity contribution in [2.75, 3.05) is 0 Å². The van der Waals surface area contributed by atoms with Gasteiger partial charge in [-0.05, 0) is 13.3 Å². The van der Waals surface area contributed by atoms with Crippen LogP contribution < -0.4 is 0 Å². The van der Waals surface area contributed by atoms with Crippen LogP contribution in [0.4, 0.5) is 0 Å². The minimum atomic E-state index is -0.0833. The lowest BCUT2D eigenvalue weighted by molar-refractivity contribution is 0.949. The first-order chi connectivity index (χ1) is 2.56. The Morgan fingerprint density at radius 1 is 1.67 bits per heavy atom. The summed E-state index contributed by atoms with van der Waals surface area (Å²) >= 11 is 6.57. The Morgan fingerprint density at radius 3 is 1.83 bits per heavy atom. The Balaban J connectivity index is 3.17.